The number of halogens is 2. The van der Waals surface area contributed by atoms with E-state index in [2.05, 4.69) is 26.3 Å². The number of nitrogens with zero attached hydrogens (tertiary/aromatic N) is 4. The van der Waals surface area contributed by atoms with Crippen molar-refractivity contribution in [2.75, 3.05) is 13.7 Å². The second kappa shape index (κ2) is 13.6. The maximum Gasteiger partial charge on any atom is 0.442 e. The third kappa shape index (κ3) is 7.48. The number of carboxylic acid groups (broad SMARTS) is 1. The van der Waals surface area contributed by atoms with Gasteiger partial charge in [-0.1, -0.05) is 63.7 Å². The van der Waals surface area contributed by atoms with Crippen molar-refractivity contribution in [2.45, 2.75) is 59.1 Å². The highest BCUT2D eigenvalue weighted by atomic mass is 35.5. The molecule has 2 aromatic heterocycles. The van der Waals surface area contributed by atoms with Crippen molar-refractivity contribution in [1.82, 2.24) is 20.1 Å². The number of benzene rings is 1. The molecular weight excluding hydrogens is 613 g/mol. The third-order valence-electron chi connectivity index (χ3n) is 6.60. The number of amidine groups is 1. The molecule has 0 fully saturated rings. The summed E-state index contributed by atoms with van der Waals surface area (Å²) < 4.78 is 16.5. The molecule has 1 unspecified atom stereocenters. The van der Waals surface area contributed by atoms with E-state index in [1.165, 1.54) is 31.5 Å². The van der Waals surface area contributed by atoms with Gasteiger partial charge < -0.3 is 24.3 Å². The molecule has 0 saturated heterocycles. The molecule has 44 heavy (non-hydrogen) atoms. The number of carbonyl (C=O) groups is 2. The largest absolute Gasteiger partial charge is 0.479 e. The van der Waals surface area contributed by atoms with Gasteiger partial charge in [0.05, 0.1) is 27.9 Å². The number of ether oxygens (including phenoxy) is 2. The van der Waals surface area contributed by atoms with Crippen LogP contribution in [0.3, 0.4) is 0 Å². The van der Waals surface area contributed by atoms with E-state index in [0.29, 0.717) is 22.9 Å². The van der Waals surface area contributed by atoms with Crippen molar-refractivity contribution in [3.05, 3.63) is 67.7 Å². The number of aromatic carboxylic acids is 1. The van der Waals surface area contributed by atoms with Crippen LogP contribution in [0.5, 0.6) is 5.75 Å². The number of aliphatic imine (C=N–C) groups is 1. The Balaban J connectivity index is 0.000000240. The summed E-state index contributed by atoms with van der Waals surface area (Å²) in [4.78, 5) is 44.2. The standard InChI is InChI=1S/C15H14Cl2N2O3.C15H19N3O4/c1-5-6-21-12-8-11(9(16)7-10(12)17)19-14(20)22-13(18-19)15(2,3)4;1-8(2)15(3)14(21)17-12(18-15)11-10(13(19)20)5-9(6-16-11)7-22-4/h1,7-8H,6H2,2-4H3;5-6,8H,7H2,1-4H3,(H,19,20)(H,17,18,21). The first-order chi connectivity index (χ1) is 20.5. The summed E-state index contributed by atoms with van der Waals surface area (Å²) in [6, 6.07) is 4.44. The smallest absolute Gasteiger partial charge is 0.442 e. The van der Waals surface area contributed by atoms with Gasteiger partial charge in [-0.3, -0.25) is 9.78 Å². The Kier molecular flexibility index (Phi) is 10.6. The maximum atomic E-state index is 12.2. The van der Waals surface area contributed by atoms with Gasteiger partial charge in [-0.2, -0.15) is 4.68 Å². The van der Waals surface area contributed by atoms with Gasteiger partial charge in [-0.15, -0.1) is 11.5 Å². The molecule has 234 valence electrons. The molecular formula is C30H33Cl2N5O7. The lowest BCUT2D eigenvalue weighted by Crippen LogP contribution is -2.41. The number of nitrogens with one attached hydrogen (secondary N) is 1. The fourth-order valence-electron chi connectivity index (χ4n) is 3.80. The van der Waals surface area contributed by atoms with Gasteiger partial charge in [0.25, 0.3) is 5.91 Å². The van der Waals surface area contributed by atoms with Gasteiger partial charge >= 0.3 is 11.7 Å². The Morgan fingerprint density at radius 3 is 2.43 bits per heavy atom. The molecule has 3 heterocycles. The minimum Gasteiger partial charge on any atom is -0.479 e. The van der Waals surface area contributed by atoms with Gasteiger partial charge in [0.1, 0.15) is 23.6 Å². The van der Waals surface area contributed by atoms with Gasteiger partial charge in [0, 0.05) is 24.8 Å². The molecule has 0 spiro atoms. The number of aromatic nitrogens is 3. The second-order valence-electron chi connectivity index (χ2n) is 11.3. The predicted octanol–water partition coefficient (Wildman–Crippen LogP) is 4.66. The van der Waals surface area contributed by atoms with Crippen molar-refractivity contribution in [1.29, 1.82) is 0 Å². The van der Waals surface area contributed by atoms with Crippen LogP contribution in [0.25, 0.3) is 5.69 Å². The van der Waals surface area contributed by atoms with E-state index in [-0.39, 0.29) is 52.2 Å². The Hall–Kier alpha value is -4.18. The van der Waals surface area contributed by atoms with Crippen LogP contribution in [0.1, 0.15) is 69.0 Å². The van der Waals surface area contributed by atoms with E-state index in [1.54, 1.807) is 6.92 Å². The van der Waals surface area contributed by atoms with E-state index < -0.39 is 22.7 Å². The van der Waals surface area contributed by atoms with E-state index >= 15 is 0 Å². The number of hydrogen-bond acceptors (Lipinski definition) is 9. The molecule has 4 rings (SSSR count). The molecule has 0 bridgehead atoms. The van der Waals surface area contributed by atoms with E-state index in [1.807, 2.05) is 34.6 Å². The van der Waals surface area contributed by atoms with Crippen molar-refractivity contribution in [2.24, 2.45) is 10.9 Å². The Morgan fingerprint density at radius 2 is 1.91 bits per heavy atom. The fourth-order valence-corrected chi connectivity index (χ4v) is 4.32. The topological polar surface area (TPSA) is 158 Å². The highest BCUT2D eigenvalue weighted by molar-refractivity contribution is 6.36. The fraction of sp³-hybridized carbons (Fsp3) is 0.400. The minimum atomic E-state index is -1.13. The van der Waals surface area contributed by atoms with Crippen molar-refractivity contribution in [3.63, 3.8) is 0 Å². The van der Waals surface area contributed by atoms with Crippen LogP contribution in [0.4, 0.5) is 0 Å². The molecule has 14 heteroatoms. The lowest BCUT2D eigenvalue weighted by atomic mass is 9.89. The van der Waals surface area contributed by atoms with Crippen LogP contribution in [0.2, 0.25) is 10.0 Å². The zero-order valence-corrected chi connectivity index (χ0v) is 26.8. The molecule has 1 atom stereocenters. The number of hydrogen-bond donors (Lipinski definition) is 2. The molecule has 1 aliphatic rings. The number of rotatable bonds is 8. The first-order valence-corrected chi connectivity index (χ1v) is 14.1. The third-order valence-corrected chi connectivity index (χ3v) is 7.20. The van der Waals surface area contributed by atoms with Crippen LogP contribution in [-0.4, -0.2) is 56.8 Å². The molecule has 1 aromatic carbocycles. The number of methoxy groups -OCH3 is 1. The van der Waals surface area contributed by atoms with Gasteiger partial charge in [0.15, 0.2) is 5.84 Å². The zero-order chi connectivity index (χ0) is 33.0. The average molecular weight is 647 g/mol. The average Bonchev–Trinajstić information content (AvgIpc) is 3.48. The normalized spacial score (nSPS) is 16.1. The summed E-state index contributed by atoms with van der Waals surface area (Å²) in [5, 5.41) is 16.7. The number of terminal acetylenes is 1. The van der Waals surface area contributed by atoms with Crippen LogP contribution >= 0.6 is 23.2 Å². The van der Waals surface area contributed by atoms with Crippen LogP contribution < -0.4 is 15.8 Å². The Morgan fingerprint density at radius 1 is 1.23 bits per heavy atom. The first-order valence-electron chi connectivity index (χ1n) is 13.3. The molecule has 1 aliphatic heterocycles. The molecule has 3 aromatic rings. The summed E-state index contributed by atoms with van der Waals surface area (Å²) >= 11 is 12.2. The monoisotopic (exact) mass is 645 g/mol. The second-order valence-corrected chi connectivity index (χ2v) is 12.1. The summed E-state index contributed by atoms with van der Waals surface area (Å²) in [6.45, 7) is 11.4. The van der Waals surface area contributed by atoms with Crippen LogP contribution in [-0.2, 0) is 21.6 Å². The number of amides is 1. The zero-order valence-electron chi connectivity index (χ0n) is 25.3. The molecule has 0 radical (unpaired) electrons. The van der Waals surface area contributed by atoms with Crippen molar-refractivity contribution in [3.8, 4) is 23.8 Å². The predicted molar refractivity (Wildman–Crippen MR) is 165 cm³/mol. The highest BCUT2D eigenvalue weighted by Gasteiger charge is 2.43. The van der Waals surface area contributed by atoms with Gasteiger partial charge in [0.2, 0.25) is 5.89 Å². The summed E-state index contributed by atoms with van der Waals surface area (Å²) in [7, 11) is 1.52. The molecule has 1 amide bonds. The maximum absolute atomic E-state index is 12.2. The summed E-state index contributed by atoms with van der Waals surface area (Å²) in [6.07, 6.45) is 6.67. The summed E-state index contributed by atoms with van der Waals surface area (Å²) in [5.74, 6) is 1.10. The van der Waals surface area contributed by atoms with Gasteiger partial charge in [-0.05, 0) is 30.5 Å². The first kappa shape index (κ1) is 34.3. The minimum absolute atomic E-state index is 0.0124. The number of pyridine rings is 1. The van der Waals surface area contributed by atoms with E-state index in [0.717, 1.165) is 4.68 Å². The highest BCUT2D eigenvalue weighted by Crippen LogP contribution is 2.33. The molecule has 0 saturated carbocycles. The lowest BCUT2D eigenvalue weighted by molar-refractivity contribution is -0.124. The Bertz CT molecular complexity index is 1700. The summed E-state index contributed by atoms with van der Waals surface area (Å²) in [5.41, 5.74) is -0.237. The van der Waals surface area contributed by atoms with E-state index in [4.69, 9.17) is 43.5 Å². The van der Waals surface area contributed by atoms with Crippen LogP contribution in [0, 0.1) is 18.3 Å². The lowest BCUT2D eigenvalue weighted by Gasteiger charge is -2.21. The van der Waals surface area contributed by atoms with Crippen LogP contribution in [0.15, 0.2) is 38.6 Å². The van der Waals surface area contributed by atoms with Crippen molar-refractivity contribution < 1.29 is 28.6 Å². The number of carboxylic acids is 1. The SMILES string of the molecule is C#CCOc1cc(-n2nc(C(C)(C)C)oc2=O)c(Cl)cc1Cl.COCc1cnc(C2=NC(C)(C(C)C)C(=O)N2)c(C(=O)O)c1. The quantitative estimate of drug-likeness (QED) is 0.332. The molecule has 0 aliphatic carbocycles. The number of carbonyl (C=O) groups excluding carboxylic acids is 1. The Labute approximate surface area is 264 Å². The van der Waals surface area contributed by atoms with Crippen molar-refractivity contribution >= 4 is 40.9 Å². The molecule has 2 N–H and O–H groups in total. The van der Waals surface area contributed by atoms with Gasteiger partial charge in [-0.25, -0.2) is 14.6 Å². The molecule has 12 nitrogen and oxygen atoms in total. The van der Waals surface area contributed by atoms with E-state index in [9.17, 15) is 19.5 Å².